The monoisotopic (exact) mass is 345 g/mol. The highest BCUT2D eigenvalue weighted by atomic mass is 16.4. The first-order valence-corrected chi connectivity index (χ1v) is 7.72. The number of urea groups is 1. The lowest BCUT2D eigenvalue weighted by Crippen LogP contribution is -2.55. The van der Waals surface area contributed by atoms with Gasteiger partial charge in [0.05, 0.1) is 6.04 Å². The fourth-order valence-electron chi connectivity index (χ4n) is 2.09. The third kappa shape index (κ3) is 10.4. The molecule has 0 saturated carbocycles. The number of carbonyl (C=O) groups excluding carboxylic acids is 3. The van der Waals surface area contributed by atoms with E-state index >= 15 is 0 Å². The van der Waals surface area contributed by atoms with Gasteiger partial charge >= 0.3 is 6.03 Å². The molecule has 10 heteroatoms. The average molecular weight is 345 g/mol. The molecular formula is C14H27N5O5. The molecule has 138 valence electrons. The number of hydrogen-bond acceptors (Lipinski definition) is 5. The number of amides is 4. The summed E-state index contributed by atoms with van der Waals surface area (Å²) in [6.45, 7) is 5.78. The van der Waals surface area contributed by atoms with Crippen molar-refractivity contribution in [2.75, 3.05) is 6.54 Å². The van der Waals surface area contributed by atoms with Gasteiger partial charge in [-0.2, -0.15) is 0 Å². The standard InChI is InChI=1S/C12H23N5O3.C2H4O2/c1-7(2)6-9(11(19)16-17-12(13)20)15-10(18)8-4-3-5-14-8;1-2(3)4/h7-9,14H,3-6H2,1-2H3,(H,15,18)(H,16,19)(H3,13,17,20);1H3,(H,3,4)/t8-,9-;/m0./s1. The van der Waals surface area contributed by atoms with Crippen molar-refractivity contribution in [1.82, 2.24) is 21.5 Å². The highest BCUT2D eigenvalue weighted by Crippen LogP contribution is 2.08. The largest absolute Gasteiger partial charge is 0.481 e. The zero-order chi connectivity index (χ0) is 18.7. The third-order valence-corrected chi connectivity index (χ3v) is 3.03. The Labute approximate surface area is 140 Å². The van der Waals surface area contributed by atoms with Crippen LogP contribution in [0.1, 0.15) is 40.0 Å². The number of hydrogen-bond donors (Lipinski definition) is 6. The van der Waals surface area contributed by atoms with Gasteiger partial charge < -0.3 is 21.5 Å². The van der Waals surface area contributed by atoms with Gasteiger partial charge in [0, 0.05) is 6.92 Å². The number of nitrogens with two attached hydrogens (primary N) is 1. The maximum Gasteiger partial charge on any atom is 0.330 e. The smallest absolute Gasteiger partial charge is 0.330 e. The van der Waals surface area contributed by atoms with E-state index in [1.165, 1.54) is 0 Å². The van der Waals surface area contributed by atoms with Gasteiger partial charge in [-0.05, 0) is 31.7 Å². The predicted molar refractivity (Wildman–Crippen MR) is 86.6 cm³/mol. The summed E-state index contributed by atoms with van der Waals surface area (Å²) < 4.78 is 0. The lowest BCUT2D eigenvalue weighted by Gasteiger charge is -2.21. The van der Waals surface area contributed by atoms with Crippen molar-refractivity contribution in [3.8, 4) is 0 Å². The van der Waals surface area contributed by atoms with Gasteiger partial charge in [-0.1, -0.05) is 13.8 Å². The minimum Gasteiger partial charge on any atom is -0.481 e. The van der Waals surface area contributed by atoms with E-state index in [0.717, 1.165) is 26.3 Å². The first-order valence-electron chi connectivity index (χ1n) is 7.72. The second kappa shape index (κ2) is 11.2. The van der Waals surface area contributed by atoms with E-state index in [4.69, 9.17) is 15.6 Å². The van der Waals surface area contributed by atoms with Crippen molar-refractivity contribution in [3.05, 3.63) is 0 Å². The van der Waals surface area contributed by atoms with Crippen molar-refractivity contribution in [3.63, 3.8) is 0 Å². The van der Waals surface area contributed by atoms with Gasteiger partial charge in [0.1, 0.15) is 6.04 Å². The first kappa shape index (κ1) is 21.6. The molecule has 0 aromatic carbocycles. The molecule has 2 atom stereocenters. The Morgan fingerprint density at radius 3 is 2.25 bits per heavy atom. The Balaban J connectivity index is 0.00000118. The van der Waals surface area contributed by atoms with Crippen LogP contribution >= 0.6 is 0 Å². The lowest BCUT2D eigenvalue weighted by atomic mass is 10.0. The Kier molecular flexibility index (Phi) is 10.1. The van der Waals surface area contributed by atoms with Crippen LogP contribution < -0.4 is 27.2 Å². The molecule has 0 unspecified atom stereocenters. The van der Waals surface area contributed by atoms with Gasteiger partial charge in [0.2, 0.25) is 5.91 Å². The van der Waals surface area contributed by atoms with Crippen LogP contribution in [0.2, 0.25) is 0 Å². The van der Waals surface area contributed by atoms with E-state index in [2.05, 4.69) is 16.1 Å². The molecule has 0 radical (unpaired) electrons. The molecule has 1 rings (SSSR count). The molecule has 1 fully saturated rings. The van der Waals surface area contributed by atoms with Crippen LogP contribution in [0.3, 0.4) is 0 Å². The maximum atomic E-state index is 12.0. The molecule has 1 saturated heterocycles. The normalized spacial score (nSPS) is 17.2. The zero-order valence-electron chi connectivity index (χ0n) is 14.2. The molecule has 4 amide bonds. The van der Waals surface area contributed by atoms with E-state index in [9.17, 15) is 14.4 Å². The first-order chi connectivity index (χ1) is 11.1. The average Bonchev–Trinajstić information content (AvgIpc) is 2.97. The van der Waals surface area contributed by atoms with E-state index in [1.807, 2.05) is 19.3 Å². The molecule has 0 bridgehead atoms. The van der Waals surface area contributed by atoms with E-state index < -0.39 is 23.9 Å². The van der Waals surface area contributed by atoms with Crippen LogP contribution in [0.4, 0.5) is 4.79 Å². The van der Waals surface area contributed by atoms with Crippen LogP contribution in [0.25, 0.3) is 0 Å². The number of rotatable bonds is 5. The van der Waals surface area contributed by atoms with Crippen LogP contribution in [-0.2, 0) is 14.4 Å². The maximum absolute atomic E-state index is 12.0. The van der Waals surface area contributed by atoms with Gasteiger partial charge in [-0.3, -0.25) is 19.8 Å². The molecule has 1 aliphatic rings. The number of primary amides is 1. The highest BCUT2D eigenvalue weighted by Gasteiger charge is 2.27. The number of carboxylic acid groups (broad SMARTS) is 1. The SMILES string of the molecule is CC(=O)O.CC(C)C[C@H](NC(=O)[C@@H]1CCCN1)C(=O)NNC(N)=O. The minimum atomic E-state index is -0.856. The number of aliphatic carboxylic acids is 1. The fraction of sp³-hybridized carbons (Fsp3) is 0.714. The van der Waals surface area contributed by atoms with Gasteiger partial charge in [0.15, 0.2) is 0 Å². The van der Waals surface area contributed by atoms with Crippen LogP contribution in [0.15, 0.2) is 0 Å². The molecule has 0 aliphatic carbocycles. The van der Waals surface area contributed by atoms with Crippen molar-refractivity contribution in [2.45, 2.75) is 52.1 Å². The molecule has 24 heavy (non-hydrogen) atoms. The highest BCUT2D eigenvalue weighted by molar-refractivity contribution is 5.90. The molecule has 1 aliphatic heterocycles. The van der Waals surface area contributed by atoms with Gasteiger partial charge in [-0.25, -0.2) is 10.2 Å². The summed E-state index contributed by atoms with van der Waals surface area (Å²) in [6.07, 6.45) is 2.19. The summed E-state index contributed by atoms with van der Waals surface area (Å²) >= 11 is 0. The predicted octanol–water partition coefficient (Wildman–Crippen LogP) is -0.940. The molecule has 7 N–H and O–H groups in total. The molecule has 1 heterocycles. The second-order valence-corrected chi connectivity index (χ2v) is 5.84. The fourth-order valence-corrected chi connectivity index (χ4v) is 2.09. The Hall–Kier alpha value is -2.36. The Bertz CT molecular complexity index is 445. The molecule has 0 aromatic rings. The lowest BCUT2D eigenvalue weighted by molar-refractivity contribution is -0.134. The van der Waals surface area contributed by atoms with Gasteiger partial charge in [0.25, 0.3) is 11.9 Å². The minimum absolute atomic E-state index is 0.192. The Morgan fingerprint density at radius 1 is 1.25 bits per heavy atom. The Morgan fingerprint density at radius 2 is 1.83 bits per heavy atom. The summed E-state index contributed by atoms with van der Waals surface area (Å²) in [4.78, 5) is 43.5. The van der Waals surface area contributed by atoms with Crippen molar-refractivity contribution in [2.24, 2.45) is 11.7 Å². The quantitative estimate of drug-likeness (QED) is 0.352. The van der Waals surface area contributed by atoms with Crippen molar-refractivity contribution in [1.29, 1.82) is 0 Å². The third-order valence-electron chi connectivity index (χ3n) is 3.03. The van der Waals surface area contributed by atoms with E-state index in [1.54, 1.807) is 0 Å². The van der Waals surface area contributed by atoms with Crippen LogP contribution in [0, 0.1) is 5.92 Å². The summed E-state index contributed by atoms with van der Waals surface area (Å²) in [6, 6.07) is -1.80. The second-order valence-electron chi connectivity index (χ2n) is 5.84. The molecule has 0 spiro atoms. The van der Waals surface area contributed by atoms with Crippen molar-refractivity contribution >= 4 is 23.8 Å². The topological polar surface area (TPSA) is 163 Å². The summed E-state index contributed by atoms with van der Waals surface area (Å²) in [7, 11) is 0. The molecule has 0 aromatic heterocycles. The number of carboxylic acids is 1. The van der Waals surface area contributed by atoms with Crippen LogP contribution in [0.5, 0.6) is 0 Å². The van der Waals surface area contributed by atoms with E-state index in [-0.39, 0.29) is 17.9 Å². The number of nitrogens with one attached hydrogen (secondary N) is 4. The summed E-state index contributed by atoms with van der Waals surface area (Å²) in [5, 5.41) is 13.2. The summed E-state index contributed by atoms with van der Waals surface area (Å²) in [5.41, 5.74) is 9.08. The summed E-state index contributed by atoms with van der Waals surface area (Å²) in [5.74, 6) is -1.29. The van der Waals surface area contributed by atoms with Crippen LogP contribution in [-0.4, -0.2) is 47.5 Å². The van der Waals surface area contributed by atoms with Crippen molar-refractivity contribution < 1.29 is 24.3 Å². The molecular weight excluding hydrogens is 318 g/mol. The zero-order valence-corrected chi connectivity index (χ0v) is 14.2. The number of carbonyl (C=O) groups is 4. The molecule has 10 nitrogen and oxygen atoms in total. The van der Waals surface area contributed by atoms with Gasteiger partial charge in [-0.15, -0.1) is 0 Å². The van der Waals surface area contributed by atoms with E-state index in [0.29, 0.717) is 6.42 Å². The number of hydrazine groups is 1.